The van der Waals surface area contributed by atoms with Gasteiger partial charge in [0.05, 0.1) is 6.54 Å². The Morgan fingerprint density at radius 3 is 2.25 bits per heavy atom. The quantitative estimate of drug-likeness (QED) is 0.754. The number of aromatic nitrogens is 3. The maximum Gasteiger partial charge on any atom is 0.230 e. The summed E-state index contributed by atoms with van der Waals surface area (Å²) < 4.78 is 1.68. The van der Waals surface area contributed by atoms with E-state index in [9.17, 15) is 0 Å². The molecule has 3 N–H and O–H groups in total. The average Bonchev–Trinajstić information content (AvgIpc) is 2.63. The lowest BCUT2D eigenvalue weighted by atomic mass is 10.2. The molecule has 0 amide bonds. The van der Waals surface area contributed by atoms with Crippen LogP contribution in [0.25, 0.3) is 0 Å². The van der Waals surface area contributed by atoms with Gasteiger partial charge in [0.1, 0.15) is 0 Å². The molecule has 0 radical (unpaired) electrons. The molecule has 6 heteroatoms. The molecule has 0 aliphatic carbocycles. The minimum Gasteiger partial charge on any atom is -0.369 e. The first-order valence-corrected chi connectivity index (χ1v) is 7.75. The molecular weight excluding hydrogens is 300 g/mol. The minimum atomic E-state index is 0.368. The Bertz CT molecular complexity index is 856. The highest BCUT2D eigenvalue weighted by molar-refractivity contribution is 5.31. The number of nitrogens with one attached hydrogen (secondary N) is 1. The Labute approximate surface area is 140 Å². The van der Waals surface area contributed by atoms with Crippen molar-refractivity contribution in [3.63, 3.8) is 0 Å². The molecule has 0 atom stereocenters. The number of anilines is 2. The van der Waals surface area contributed by atoms with Crippen LogP contribution in [0.5, 0.6) is 0 Å². The summed E-state index contributed by atoms with van der Waals surface area (Å²) in [4.78, 5) is 13.3. The lowest BCUT2D eigenvalue weighted by Gasteiger charge is -2.08. The summed E-state index contributed by atoms with van der Waals surface area (Å²) in [6.07, 6.45) is 0. The summed E-state index contributed by atoms with van der Waals surface area (Å²) in [5.41, 5.74) is 8.78. The second kappa shape index (κ2) is 7.41. The van der Waals surface area contributed by atoms with Gasteiger partial charge < -0.3 is 11.1 Å². The van der Waals surface area contributed by atoms with Gasteiger partial charge in [-0.15, -0.1) is 0 Å². The number of nitrogens with zero attached hydrogens (tertiary/aromatic N) is 4. The van der Waals surface area contributed by atoms with Crippen molar-refractivity contribution >= 4 is 11.9 Å². The van der Waals surface area contributed by atoms with E-state index in [1.54, 1.807) is 11.6 Å². The summed E-state index contributed by atoms with van der Waals surface area (Å²) in [7, 11) is 1.81. The van der Waals surface area contributed by atoms with Crippen molar-refractivity contribution < 1.29 is 0 Å². The van der Waals surface area contributed by atoms with E-state index in [1.807, 2.05) is 60.7 Å². The van der Waals surface area contributed by atoms with Crippen molar-refractivity contribution in [2.45, 2.75) is 13.1 Å². The van der Waals surface area contributed by atoms with Crippen LogP contribution < -0.4 is 16.7 Å². The van der Waals surface area contributed by atoms with Crippen LogP contribution in [-0.2, 0) is 20.1 Å². The largest absolute Gasteiger partial charge is 0.369 e. The Balaban J connectivity index is 1.80. The summed E-state index contributed by atoms with van der Waals surface area (Å²) >= 11 is 0. The standard InChI is InChI=1S/C18H20N6/c1-24-16(19)22-17(20-12-14-8-4-2-5-9-14)23-18(24)21-13-15-10-6-3-7-11-15/h2-11H,12-13H2,1H3,(H3,19,20,21,22,23). The van der Waals surface area contributed by atoms with Crippen molar-refractivity contribution in [2.24, 2.45) is 12.0 Å². The van der Waals surface area contributed by atoms with Gasteiger partial charge >= 0.3 is 0 Å². The highest BCUT2D eigenvalue weighted by Crippen LogP contribution is 2.04. The van der Waals surface area contributed by atoms with Crippen LogP contribution in [0.3, 0.4) is 0 Å². The normalized spacial score (nSPS) is 11.5. The molecule has 0 saturated carbocycles. The lowest BCUT2D eigenvalue weighted by Crippen LogP contribution is -2.27. The molecular formula is C18H20N6. The van der Waals surface area contributed by atoms with E-state index in [1.165, 1.54) is 0 Å². The Kier molecular flexibility index (Phi) is 4.86. The highest BCUT2D eigenvalue weighted by atomic mass is 15.3. The number of hydrogen-bond acceptors (Lipinski definition) is 5. The van der Waals surface area contributed by atoms with E-state index in [4.69, 9.17) is 5.73 Å². The van der Waals surface area contributed by atoms with Gasteiger partial charge in [0.25, 0.3) is 0 Å². The summed E-state index contributed by atoms with van der Waals surface area (Å²) in [6.45, 7) is 1.18. The van der Waals surface area contributed by atoms with Crippen molar-refractivity contribution in [1.82, 2.24) is 14.5 Å². The molecule has 0 fully saturated rings. The van der Waals surface area contributed by atoms with Gasteiger partial charge in [0.2, 0.25) is 17.5 Å². The predicted molar refractivity (Wildman–Crippen MR) is 94.9 cm³/mol. The molecule has 3 aromatic rings. The fourth-order valence-corrected chi connectivity index (χ4v) is 2.22. The topological polar surface area (TPSA) is 81.1 Å². The van der Waals surface area contributed by atoms with E-state index in [-0.39, 0.29) is 0 Å². The van der Waals surface area contributed by atoms with Gasteiger partial charge in [-0.05, 0) is 11.1 Å². The molecule has 0 bridgehead atoms. The molecule has 122 valence electrons. The van der Waals surface area contributed by atoms with Gasteiger partial charge in [-0.2, -0.15) is 9.97 Å². The zero-order chi connectivity index (χ0) is 16.8. The van der Waals surface area contributed by atoms with Crippen LogP contribution in [0.1, 0.15) is 11.1 Å². The van der Waals surface area contributed by atoms with Crippen LogP contribution in [0, 0.1) is 0 Å². The van der Waals surface area contributed by atoms with Crippen LogP contribution >= 0.6 is 0 Å². The molecule has 1 aromatic heterocycles. The van der Waals surface area contributed by atoms with Gasteiger partial charge in [-0.25, -0.2) is 4.99 Å². The third kappa shape index (κ3) is 3.98. The third-order valence-electron chi connectivity index (χ3n) is 3.61. The molecule has 0 aliphatic heterocycles. The number of nitrogen functional groups attached to an aromatic ring is 1. The van der Waals surface area contributed by atoms with Crippen molar-refractivity contribution in [3.8, 4) is 0 Å². The smallest absolute Gasteiger partial charge is 0.230 e. The van der Waals surface area contributed by atoms with E-state index < -0.39 is 0 Å². The second-order valence-electron chi connectivity index (χ2n) is 5.41. The van der Waals surface area contributed by atoms with Crippen LogP contribution in [0.2, 0.25) is 0 Å². The first-order chi connectivity index (χ1) is 11.7. The SMILES string of the molecule is Cn1c(N)nc(NCc2ccccc2)nc1=NCc1ccccc1. The maximum absolute atomic E-state index is 5.97. The van der Waals surface area contributed by atoms with E-state index >= 15 is 0 Å². The number of benzene rings is 2. The third-order valence-corrected chi connectivity index (χ3v) is 3.61. The monoisotopic (exact) mass is 320 g/mol. The fourth-order valence-electron chi connectivity index (χ4n) is 2.22. The molecule has 0 spiro atoms. The summed E-state index contributed by atoms with van der Waals surface area (Å²) in [6, 6.07) is 20.1. The fraction of sp³-hybridized carbons (Fsp3) is 0.167. The molecule has 1 heterocycles. The first-order valence-electron chi connectivity index (χ1n) is 7.75. The first kappa shape index (κ1) is 15.7. The summed E-state index contributed by atoms with van der Waals surface area (Å²) in [5, 5.41) is 3.19. The number of hydrogen-bond donors (Lipinski definition) is 2. The molecule has 0 aliphatic rings. The number of rotatable bonds is 5. The number of nitrogens with two attached hydrogens (primary N) is 1. The Morgan fingerprint density at radius 1 is 0.958 bits per heavy atom. The van der Waals surface area contributed by atoms with Crippen molar-refractivity contribution in [3.05, 3.63) is 77.4 Å². The van der Waals surface area contributed by atoms with Crippen LogP contribution in [0.15, 0.2) is 65.7 Å². The average molecular weight is 320 g/mol. The molecule has 2 aromatic carbocycles. The molecule has 0 unspecified atom stereocenters. The van der Waals surface area contributed by atoms with E-state index in [2.05, 4.69) is 20.3 Å². The molecule has 6 nitrogen and oxygen atoms in total. The van der Waals surface area contributed by atoms with Gasteiger partial charge in [0.15, 0.2) is 0 Å². The second-order valence-corrected chi connectivity index (χ2v) is 5.41. The zero-order valence-electron chi connectivity index (χ0n) is 13.6. The van der Waals surface area contributed by atoms with Gasteiger partial charge in [-0.1, -0.05) is 60.7 Å². The van der Waals surface area contributed by atoms with Crippen LogP contribution in [0.4, 0.5) is 11.9 Å². The van der Waals surface area contributed by atoms with Gasteiger partial charge in [0, 0.05) is 13.6 Å². The van der Waals surface area contributed by atoms with Crippen LogP contribution in [-0.4, -0.2) is 14.5 Å². The minimum absolute atomic E-state index is 0.368. The van der Waals surface area contributed by atoms with Crippen molar-refractivity contribution in [2.75, 3.05) is 11.1 Å². The zero-order valence-corrected chi connectivity index (χ0v) is 13.6. The predicted octanol–water partition coefficient (Wildman–Crippen LogP) is 2.11. The maximum atomic E-state index is 5.97. The lowest BCUT2D eigenvalue weighted by molar-refractivity contribution is 0.737. The van der Waals surface area contributed by atoms with Crippen molar-refractivity contribution in [1.29, 1.82) is 0 Å². The molecule has 3 rings (SSSR count). The Hall–Kier alpha value is -3.15. The molecule has 24 heavy (non-hydrogen) atoms. The van der Waals surface area contributed by atoms with Gasteiger partial charge in [-0.3, -0.25) is 4.57 Å². The summed E-state index contributed by atoms with van der Waals surface area (Å²) in [5.74, 6) is 0.841. The molecule has 0 saturated heterocycles. The van der Waals surface area contributed by atoms with E-state index in [0.717, 1.165) is 11.1 Å². The van der Waals surface area contributed by atoms with E-state index in [0.29, 0.717) is 30.6 Å². The Morgan fingerprint density at radius 2 is 1.58 bits per heavy atom. The highest BCUT2D eigenvalue weighted by Gasteiger charge is 2.03.